The van der Waals surface area contributed by atoms with Gasteiger partial charge in [0, 0.05) is 6.42 Å². The van der Waals surface area contributed by atoms with E-state index in [0.29, 0.717) is 6.17 Å². The van der Waals surface area contributed by atoms with Crippen molar-refractivity contribution in [3.05, 3.63) is 24.6 Å². The van der Waals surface area contributed by atoms with E-state index >= 15 is 0 Å². The topological polar surface area (TPSA) is 32.3 Å². The lowest BCUT2D eigenvalue weighted by atomic mass is 10.1. The fourth-order valence-electron chi connectivity index (χ4n) is 4.38. The van der Waals surface area contributed by atoms with E-state index in [1.165, 1.54) is 96.3 Å². The lowest BCUT2D eigenvalue weighted by molar-refractivity contribution is -0.900. The molecular weight excluding hydrogens is 344 g/mol. The Balaban J connectivity index is 1.90. The molecule has 164 valence electrons. The molecule has 28 heavy (non-hydrogen) atoms. The molecule has 0 fully saturated rings. The van der Waals surface area contributed by atoms with Gasteiger partial charge < -0.3 is 10.4 Å². The van der Waals surface area contributed by atoms with E-state index in [-0.39, 0.29) is 6.61 Å². The Hall–Kier alpha value is -0.800. The van der Waals surface area contributed by atoms with Crippen LogP contribution in [0.1, 0.15) is 110 Å². The number of aliphatic hydroxyl groups excluding tert-OH is 1. The Morgan fingerprint density at radius 2 is 1.39 bits per heavy atom. The minimum atomic E-state index is 0.268. The zero-order valence-electron chi connectivity index (χ0n) is 19.0. The molecule has 0 aromatic carbocycles. The highest BCUT2D eigenvalue weighted by atomic mass is 16.3. The molecule has 1 aliphatic rings. The van der Waals surface area contributed by atoms with E-state index in [1.54, 1.807) is 0 Å². The Labute approximate surface area is 175 Å². The third-order valence-corrected chi connectivity index (χ3v) is 6.38. The van der Waals surface area contributed by atoms with E-state index in [9.17, 15) is 5.11 Å². The van der Waals surface area contributed by atoms with Crippen LogP contribution in [0, 0.1) is 0 Å². The summed E-state index contributed by atoms with van der Waals surface area (Å²) >= 11 is 0. The average Bonchev–Trinajstić information content (AvgIpc) is 3.11. The zero-order chi connectivity index (χ0) is 20.3. The summed E-state index contributed by atoms with van der Waals surface area (Å²) in [5.74, 6) is 0. The number of likely N-dealkylation sites (N-methyl/N-ethyl adjacent to an activating group) is 1. The van der Waals surface area contributed by atoms with Crippen LogP contribution < -0.4 is 5.32 Å². The number of nitrogens with one attached hydrogen (secondary N) is 1. The summed E-state index contributed by atoms with van der Waals surface area (Å²) in [5.41, 5.74) is 0. The lowest BCUT2D eigenvalue weighted by Gasteiger charge is -2.36. The van der Waals surface area contributed by atoms with E-state index < -0.39 is 0 Å². The van der Waals surface area contributed by atoms with Crippen molar-refractivity contribution in [1.82, 2.24) is 5.32 Å². The first-order valence-corrected chi connectivity index (χ1v) is 12.3. The molecule has 0 aliphatic carbocycles. The van der Waals surface area contributed by atoms with Crippen LogP contribution in [0.15, 0.2) is 24.6 Å². The van der Waals surface area contributed by atoms with Crippen LogP contribution in [-0.2, 0) is 0 Å². The molecule has 3 heteroatoms. The van der Waals surface area contributed by atoms with E-state index in [0.717, 1.165) is 17.6 Å². The van der Waals surface area contributed by atoms with Crippen molar-refractivity contribution >= 4 is 0 Å². The zero-order valence-corrected chi connectivity index (χ0v) is 19.0. The summed E-state index contributed by atoms with van der Waals surface area (Å²) < 4.78 is 0.904. The summed E-state index contributed by atoms with van der Waals surface area (Å²) in [6.45, 7) is 6.66. The van der Waals surface area contributed by atoms with E-state index in [4.69, 9.17) is 0 Å². The molecule has 0 aromatic heterocycles. The summed E-state index contributed by atoms with van der Waals surface area (Å²) in [5, 5.41) is 12.9. The molecular formula is C25H49N2O+. The molecule has 3 nitrogen and oxygen atoms in total. The van der Waals surface area contributed by atoms with Crippen LogP contribution in [0.5, 0.6) is 0 Å². The molecule has 1 heterocycles. The van der Waals surface area contributed by atoms with Crippen LogP contribution in [0.25, 0.3) is 0 Å². The molecule has 1 rings (SSSR count). The first-order valence-electron chi connectivity index (χ1n) is 12.3. The summed E-state index contributed by atoms with van der Waals surface area (Å²) in [7, 11) is 0. The van der Waals surface area contributed by atoms with Gasteiger partial charge in [0.05, 0.1) is 19.4 Å². The molecule has 2 unspecified atom stereocenters. The fraction of sp³-hybridized carbons (Fsp3) is 0.840. The molecule has 0 saturated heterocycles. The standard InChI is InChI=1S/C25H49N2O/c1-3-5-6-7-8-9-10-11-12-13-14-15-16-17-18-19-20-25-26-21-22-27(25,4-2)23-24-28/h11-12,21-22,25-26,28H,3-10,13-20,23-24H2,1-2H3/q+1/b12-11+. The number of quaternary nitrogens is 1. The van der Waals surface area contributed by atoms with Crippen molar-refractivity contribution in [2.75, 3.05) is 19.7 Å². The largest absolute Gasteiger partial charge is 0.390 e. The van der Waals surface area contributed by atoms with Gasteiger partial charge in [0.2, 0.25) is 0 Å². The second kappa shape index (κ2) is 17.1. The fourth-order valence-corrected chi connectivity index (χ4v) is 4.38. The van der Waals surface area contributed by atoms with Crippen molar-refractivity contribution < 1.29 is 9.59 Å². The van der Waals surface area contributed by atoms with Crippen molar-refractivity contribution in [3.8, 4) is 0 Å². The van der Waals surface area contributed by atoms with Crippen LogP contribution in [0.4, 0.5) is 0 Å². The van der Waals surface area contributed by atoms with Gasteiger partial charge in [-0.15, -0.1) is 0 Å². The van der Waals surface area contributed by atoms with Gasteiger partial charge in [0.15, 0.2) is 6.17 Å². The number of hydrogen-bond acceptors (Lipinski definition) is 2. The Kier molecular flexibility index (Phi) is 15.4. The number of aliphatic hydroxyl groups is 1. The minimum Gasteiger partial charge on any atom is -0.390 e. The van der Waals surface area contributed by atoms with Gasteiger partial charge >= 0.3 is 0 Å². The molecule has 2 atom stereocenters. The van der Waals surface area contributed by atoms with Gasteiger partial charge in [-0.2, -0.15) is 0 Å². The number of allylic oxidation sites excluding steroid dienone is 2. The first kappa shape index (κ1) is 25.2. The van der Waals surface area contributed by atoms with Crippen molar-refractivity contribution in [3.63, 3.8) is 0 Å². The van der Waals surface area contributed by atoms with Crippen molar-refractivity contribution in [2.24, 2.45) is 0 Å². The lowest BCUT2D eigenvalue weighted by Crippen LogP contribution is -2.54. The highest BCUT2D eigenvalue weighted by molar-refractivity contribution is 4.84. The minimum absolute atomic E-state index is 0.268. The predicted molar refractivity (Wildman–Crippen MR) is 123 cm³/mol. The number of rotatable bonds is 19. The second-order valence-electron chi connectivity index (χ2n) is 8.59. The van der Waals surface area contributed by atoms with E-state index in [1.807, 2.05) is 0 Å². The second-order valence-corrected chi connectivity index (χ2v) is 8.59. The normalized spacial score (nSPS) is 21.6. The molecule has 1 aliphatic heterocycles. The summed E-state index contributed by atoms with van der Waals surface area (Å²) in [6, 6.07) is 0. The Morgan fingerprint density at radius 3 is 1.96 bits per heavy atom. The smallest absolute Gasteiger partial charge is 0.166 e. The van der Waals surface area contributed by atoms with Gasteiger partial charge in [-0.3, -0.25) is 4.48 Å². The number of nitrogens with zero attached hydrogens (tertiary/aromatic N) is 1. The molecule has 0 spiro atoms. The molecule has 0 saturated carbocycles. The Bertz CT molecular complexity index is 407. The van der Waals surface area contributed by atoms with Gasteiger partial charge in [-0.05, 0) is 39.0 Å². The monoisotopic (exact) mass is 393 g/mol. The third kappa shape index (κ3) is 10.7. The molecule has 0 radical (unpaired) electrons. The summed E-state index contributed by atoms with van der Waals surface area (Å²) in [6.07, 6.45) is 29.9. The number of unbranched alkanes of at least 4 members (excludes halogenated alkanes) is 12. The van der Waals surface area contributed by atoms with Crippen molar-refractivity contribution in [1.29, 1.82) is 0 Å². The molecule has 0 bridgehead atoms. The third-order valence-electron chi connectivity index (χ3n) is 6.38. The molecule has 2 N–H and O–H groups in total. The van der Waals surface area contributed by atoms with Gasteiger partial charge in [-0.1, -0.05) is 76.9 Å². The summed E-state index contributed by atoms with van der Waals surface area (Å²) in [4.78, 5) is 0. The van der Waals surface area contributed by atoms with Gasteiger partial charge in [0.1, 0.15) is 12.7 Å². The van der Waals surface area contributed by atoms with E-state index in [2.05, 4.69) is 43.7 Å². The maximum Gasteiger partial charge on any atom is 0.166 e. The maximum atomic E-state index is 9.37. The maximum absolute atomic E-state index is 9.37. The molecule has 0 amide bonds. The average molecular weight is 394 g/mol. The first-order chi connectivity index (χ1) is 13.8. The SMILES string of the molecule is CCCCCCCC/C=C/CCCCCCCCC1NC=C[N+]1(CC)CCO. The van der Waals surface area contributed by atoms with Crippen LogP contribution >= 0.6 is 0 Å². The van der Waals surface area contributed by atoms with Crippen LogP contribution in [0.2, 0.25) is 0 Å². The molecule has 0 aromatic rings. The highest BCUT2D eigenvalue weighted by Gasteiger charge is 2.35. The van der Waals surface area contributed by atoms with Gasteiger partial charge in [0.25, 0.3) is 0 Å². The highest BCUT2D eigenvalue weighted by Crippen LogP contribution is 2.22. The quantitative estimate of drug-likeness (QED) is 0.146. The van der Waals surface area contributed by atoms with Gasteiger partial charge in [-0.25, -0.2) is 0 Å². The van der Waals surface area contributed by atoms with Crippen LogP contribution in [-0.4, -0.2) is 35.5 Å². The van der Waals surface area contributed by atoms with Crippen LogP contribution in [0.3, 0.4) is 0 Å². The van der Waals surface area contributed by atoms with Crippen molar-refractivity contribution in [2.45, 2.75) is 116 Å². The predicted octanol–water partition coefficient (Wildman–Crippen LogP) is 6.64. The number of hydrogen-bond donors (Lipinski definition) is 2. The Morgan fingerprint density at radius 1 is 0.821 bits per heavy atom.